The second-order valence-corrected chi connectivity index (χ2v) is 3.47. The molecule has 1 amide bonds. The van der Waals surface area contributed by atoms with E-state index in [4.69, 9.17) is 15.9 Å². The zero-order chi connectivity index (χ0) is 12.0. The van der Waals surface area contributed by atoms with Gasteiger partial charge in [-0.1, -0.05) is 30.3 Å². The molecule has 96 valence electrons. The predicted molar refractivity (Wildman–Crippen MR) is 67.2 cm³/mol. The lowest BCUT2D eigenvalue weighted by Gasteiger charge is -2.26. The molecule has 0 saturated carbocycles. The number of amides is 1. The van der Waals surface area contributed by atoms with Crippen molar-refractivity contribution in [2.24, 2.45) is 5.73 Å². The maximum absolute atomic E-state index is 11.0. The van der Waals surface area contributed by atoms with Crippen LogP contribution in [0.1, 0.15) is 5.56 Å². The number of aliphatic hydroxyl groups excluding tert-OH is 1. The summed E-state index contributed by atoms with van der Waals surface area (Å²) in [5.41, 5.74) is 6.28. The van der Waals surface area contributed by atoms with Crippen LogP contribution in [0.5, 0.6) is 0 Å². The molecule has 0 bridgehead atoms. The minimum atomic E-state index is -1.08. The van der Waals surface area contributed by atoms with Crippen molar-refractivity contribution < 1.29 is 15.0 Å². The Labute approximate surface area is 106 Å². The van der Waals surface area contributed by atoms with Crippen LogP contribution in [0.3, 0.4) is 0 Å². The van der Waals surface area contributed by atoms with E-state index >= 15 is 0 Å². The Hall–Kier alpha value is -1.30. The first-order valence-corrected chi connectivity index (χ1v) is 5.03. The average molecular weight is 261 g/mol. The number of rotatable bonds is 5. The van der Waals surface area contributed by atoms with Crippen LogP contribution in [0.2, 0.25) is 0 Å². The lowest BCUT2D eigenvalue weighted by molar-refractivity contribution is 0.0961. The first kappa shape index (κ1) is 15.7. The fourth-order valence-electron chi connectivity index (χ4n) is 1.43. The molecule has 4 N–H and O–H groups in total. The number of hydrogen-bond donors (Lipinski definition) is 3. The summed E-state index contributed by atoms with van der Waals surface area (Å²) in [5.74, 6) is 0. The lowest BCUT2D eigenvalue weighted by atomic mass is 10.2. The number of carboxylic acid groups (broad SMARTS) is 1. The Bertz CT molecular complexity index is 331. The summed E-state index contributed by atoms with van der Waals surface area (Å²) in [6, 6.07) is 8.65. The van der Waals surface area contributed by atoms with Crippen LogP contribution in [0.15, 0.2) is 30.3 Å². The third kappa shape index (κ3) is 4.60. The highest BCUT2D eigenvalue weighted by atomic mass is 35.5. The highest BCUT2D eigenvalue weighted by Gasteiger charge is 2.21. The highest BCUT2D eigenvalue weighted by molar-refractivity contribution is 5.85. The van der Waals surface area contributed by atoms with E-state index < -0.39 is 12.1 Å². The molecule has 0 aromatic heterocycles. The Kier molecular flexibility index (Phi) is 7.29. The molecule has 0 aliphatic heterocycles. The summed E-state index contributed by atoms with van der Waals surface area (Å²) in [5, 5.41) is 18.1. The molecule has 1 unspecified atom stereocenters. The van der Waals surface area contributed by atoms with Gasteiger partial charge in [0, 0.05) is 13.1 Å². The van der Waals surface area contributed by atoms with Crippen molar-refractivity contribution in [1.82, 2.24) is 4.90 Å². The van der Waals surface area contributed by atoms with Crippen LogP contribution >= 0.6 is 12.4 Å². The van der Waals surface area contributed by atoms with Crippen molar-refractivity contribution in [3.05, 3.63) is 35.9 Å². The van der Waals surface area contributed by atoms with E-state index in [1.807, 2.05) is 30.3 Å². The number of nitrogens with two attached hydrogens (primary N) is 1. The molecule has 17 heavy (non-hydrogen) atoms. The Morgan fingerprint density at radius 1 is 1.35 bits per heavy atom. The van der Waals surface area contributed by atoms with Crippen LogP contribution in [-0.4, -0.2) is 40.4 Å². The molecule has 6 heteroatoms. The SMILES string of the molecule is Cl.NCC(CO)N(Cc1ccccc1)C(=O)O. The summed E-state index contributed by atoms with van der Waals surface area (Å²) < 4.78 is 0. The Balaban J connectivity index is 0.00000256. The van der Waals surface area contributed by atoms with Crippen molar-refractivity contribution in [2.75, 3.05) is 13.2 Å². The Morgan fingerprint density at radius 2 is 1.94 bits per heavy atom. The van der Waals surface area contributed by atoms with Gasteiger partial charge in [0.1, 0.15) is 0 Å². The fourth-order valence-corrected chi connectivity index (χ4v) is 1.43. The zero-order valence-corrected chi connectivity index (χ0v) is 10.1. The number of nitrogens with zero attached hydrogens (tertiary/aromatic N) is 1. The summed E-state index contributed by atoms with van der Waals surface area (Å²) in [6.45, 7) is 0.0733. The second kappa shape index (κ2) is 7.89. The number of carbonyl (C=O) groups is 1. The molecule has 1 rings (SSSR count). The van der Waals surface area contributed by atoms with Crippen LogP contribution in [0, 0.1) is 0 Å². The number of aliphatic hydroxyl groups is 1. The molecule has 1 aromatic rings. The maximum Gasteiger partial charge on any atom is 0.407 e. The smallest absolute Gasteiger partial charge is 0.407 e. The topological polar surface area (TPSA) is 86.8 Å². The van der Waals surface area contributed by atoms with Crippen molar-refractivity contribution in [2.45, 2.75) is 12.6 Å². The minimum Gasteiger partial charge on any atom is -0.465 e. The molecular formula is C11H17ClN2O3. The molecule has 0 spiro atoms. The van der Waals surface area contributed by atoms with Gasteiger partial charge in [-0.2, -0.15) is 0 Å². The van der Waals surface area contributed by atoms with Crippen molar-refractivity contribution >= 4 is 18.5 Å². The van der Waals surface area contributed by atoms with Gasteiger partial charge >= 0.3 is 6.09 Å². The molecule has 0 radical (unpaired) electrons. The first-order valence-electron chi connectivity index (χ1n) is 5.03. The molecule has 0 fully saturated rings. The molecule has 1 aromatic carbocycles. The molecule has 0 aliphatic rings. The van der Waals surface area contributed by atoms with Gasteiger partial charge in [0.25, 0.3) is 0 Å². The third-order valence-electron chi connectivity index (χ3n) is 2.37. The molecule has 0 heterocycles. The van der Waals surface area contributed by atoms with Crippen LogP contribution in [0.4, 0.5) is 4.79 Å². The molecule has 5 nitrogen and oxygen atoms in total. The number of hydrogen-bond acceptors (Lipinski definition) is 3. The molecule has 0 aliphatic carbocycles. The largest absolute Gasteiger partial charge is 0.465 e. The monoisotopic (exact) mass is 260 g/mol. The normalized spacial score (nSPS) is 11.4. The van der Waals surface area contributed by atoms with Gasteiger partial charge in [0.2, 0.25) is 0 Å². The minimum absolute atomic E-state index is 0. The van der Waals surface area contributed by atoms with Gasteiger partial charge < -0.3 is 15.9 Å². The first-order chi connectivity index (χ1) is 7.69. The van der Waals surface area contributed by atoms with Crippen molar-refractivity contribution in [1.29, 1.82) is 0 Å². The van der Waals surface area contributed by atoms with Gasteiger partial charge in [-0.15, -0.1) is 12.4 Å². The highest BCUT2D eigenvalue weighted by Crippen LogP contribution is 2.08. The van der Waals surface area contributed by atoms with E-state index in [-0.39, 0.29) is 32.1 Å². The van der Waals surface area contributed by atoms with E-state index in [0.29, 0.717) is 0 Å². The standard InChI is InChI=1S/C11H16N2O3.ClH/c12-6-10(8-14)13(11(15)16)7-9-4-2-1-3-5-9;/h1-5,10,14H,6-8,12H2,(H,15,16);1H. The van der Waals surface area contributed by atoms with E-state index in [1.165, 1.54) is 0 Å². The fraction of sp³-hybridized carbons (Fsp3) is 0.364. The number of benzene rings is 1. The van der Waals surface area contributed by atoms with Gasteiger partial charge in [0.05, 0.1) is 12.6 Å². The van der Waals surface area contributed by atoms with Crippen LogP contribution < -0.4 is 5.73 Å². The van der Waals surface area contributed by atoms with Crippen LogP contribution in [0.25, 0.3) is 0 Å². The van der Waals surface area contributed by atoms with E-state index in [2.05, 4.69) is 0 Å². The summed E-state index contributed by atoms with van der Waals surface area (Å²) in [7, 11) is 0. The summed E-state index contributed by atoms with van der Waals surface area (Å²) in [6.07, 6.45) is -1.08. The summed E-state index contributed by atoms with van der Waals surface area (Å²) in [4.78, 5) is 12.2. The third-order valence-corrected chi connectivity index (χ3v) is 2.37. The van der Waals surface area contributed by atoms with E-state index in [0.717, 1.165) is 10.5 Å². The molecule has 1 atom stereocenters. The van der Waals surface area contributed by atoms with E-state index in [1.54, 1.807) is 0 Å². The maximum atomic E-state index is 11.0. The molecular weight excluding hydrogens is 244 g/mol. The van der Waals surface area contributed by atoms with Gasteiger partial charge in [-0.3, -0.25) is 4.90 Å². The van der Waals surface area contributed by atoms with Crippen molar-refractivity contribution in [3.63, 3.8) is 0 Å². The lowest BCUT2D eigenvalue weighted by Crippen LogP contribution is -2.45. The quantitative estimate of drug-likeness (QED) is 0.734. The van der Waals surface area contributed by atoms with E-state index in [9.17, 15) is 4.79 Å². The van der Waals surface area contributed by atoms with Crippen molar-refractivity contribution in [3.8, 4) is 0 Å². The zero-order valence-electron chi connectivity index (χ0n) is 9.32. The Morgan fingerprint density at radius 3 is 2.35 bits per heavy atom. The van der Waals surface area contributed by atoms with Gasteiger partial charge in [-0.05, 0) is 5.56 Å². The predicted octanol–water partition coefficient (Wildman–Crippen LogP) is 0.908. The molecule has 0 saturated heterocycles. The van der Waals surface area contributed by atoms with Gasteiger partial charge in [-0.25, -0.2) is 4.79 Å². The van der Waals surface area contributed by atoms with Crippen LogP contribution in [-0.2, 0) is 6.54 Å². The number of halogens is 1. The van der Waals surface area contributed by atoms with Gasteiger partial charge in [0.15, 0.2) is 0 Å². The average Bonchev–Trinajstić information content (AvgIpc) is 2.30. The second-order valence-electron chi connectivity index (χ2n) is 3.47. The summed E-state index contributed by atoms with van der Waals surface area (Å²) >= 11 is 0.